The van der Waals surface area contributed by atoms with Gasteiger partial charge in [0.1, 0.15) is 18.0 Å². The number of urea groups is 1. The molecule has 1 aromatic carbocycles. The summed E-state index contributed by atoms with van der Waals surface area (Å²) in [7, 11) is 1.55. The first kappa shape index (κ1) is 19.9. The summed E-state index contributed by atoms with van der Waals surface area (Å²) in [4.78, 5) is 46.1. The number of amides is 4. The van der Waals surface area contributed by atoms with Crippen LogP contribution in [0, 0.1) is 5.92 Å². The number of hydrogen-bond acceptors (Lipinski definition) is 6. The summed E-state index contributed by atoms with van der Waals surface area (Å²) in [5, 5.41) is 0. The summed E-state index contributed by atoms with van der Waals surface area (Å²) in [6.45, 7) is 5.50. The van der Waals surface area contributed by atoms with Crippen molar-refractivity contribution in [1.29, 1.82) is 0 Å². The standard InChI is InChI=1S/C20H24N6O4/c1-4-30-14-7-5-13(6-8-14)24-9-12(2)10-25-16-17(22-19(24)25)23(3)20(29)26(18(16)28)11-15(21)27/h5-8,12,16H,4,9-11H2,1-3H3,(H-,21,27)/p+1. The van der Waals surface area contributed by atoms with E-state index in [1.54, 1.807) is 7.05 Å². The van der Waals surface area contributed by atoms with Gasteiger partial charge >= 0.3 is 12.0 Å². The van der Waals surface area contributed by atoms with Crippen LogP contribution < -0.4 is 15.4 Å². The molecule has 0 radical (unpaired) electrons. The molecule has 1 saturated heterocycles. The fourth-order valence-electron chi connectivity index (χ4n) is 4.11. The van der Waals surface area contributed by atoms with Gasteiger partial charge in [0, 0.05) is 13.0 Å². The van der Waals surface area contributed by atoms with Crippen molar-refractivity contribution in [1.82, 2.24) is 9.80 Å². The first-order valence-electron chi connectivity index (χ1n) is 9.91. The molecule has 158 valence electrons. The number of hydrogen-bond donors (Lipinski definition) is 1. The Labute approximate surface area is 174 Å². The lowest BCUT2D eigenvalue weighted by Crippen LogP contribution is -2.64. The van der Waals surface area contributed by atoms with Crippen molar-refractivity contribution in [3.05, 3.63) is 24.3 Å². The van der Waals surface area contributed by atoms with Gasteiger partial charge in [-0.05, 0) is 31.2 Å². The van der Waals surface area contributed by atoms with Gasteiger partial charge in [-0.2, -0.15) is 0 Å². The zero-order valence-electron chi connectivity index (χ0n) is 17.2. The van der Waals surface area contributed by atoms with Crippen molar-refractivity contribution in [3.63, 3.8) is 0 Å². The van der Waals surface area contributed by atoms with E-state index in [9.17, 15) is 14.4 Å². The molecule has 1 fully saturated rings. The smallest absolute Gasteiger partial charge is 0.397 e. The molecule has 2 N–H and O–H groups in total. The molecule has 4 amide bonds. The highest BCUT2D eigenvalue weighted by Gasteiger charge is 2.55. The van der Waals surface area contributed by atoms with E-state index < -0.39 is 30.4 Å². The Bertz CT molecular complexity index is 970. The lowest BCUT2D eigenvalue weighted by molar-refractivity contribution is -0.545. The number of nitrogens with zero attached hydrogens (tertiary/aromatic N) is 5. The number of ether oxygens (including phenoxy) is 1. The molecular formula is C20H25N6O4+. The molecule has 10 heteroatoms. The lowest BCUT2D eigenvalue weighted by Gasteiger charge is -2.34. The molecule has 3 aliphatic rings. The van der Waals surface area contributed by atoms with E-state index in [-0.39, 0.29) is 5.92 Å². The molecule has 0 saturated carbocycles. The van der Waals surface area contributed by atoms with Crippen molar-refractivity contribution in [3.8, 4) is 5.75 Å². The quantitative estimate of drug-likeness (QED) is 0.687. The summed E-state index contributed by atoms with van der Waals surface area (Å²) in [5.41, 5.74) is 6.16. The number of aliphatic imine (C=N–C) groups is 1. The summed E-state index contributed by atoms with van der Waals surface area (Å²) in [6, 6.07) is 6.34. The van der Waals surface area contributed by atoms with Crippen molar-refractivity contribution in [2.24, 2.45) is 16.6 Å². The largest absolute Gasteiger partial charge is 0.494 e. The summed E-state index contributed by atoms with van der Waals surface area (Å²) in [5.74, 6) is 0.788. The maximum atomic E-state index is 13.1. The van der Waals surface area contributed by atoms with Gasteiger partial charge in [0.2, 0.25) is 17.8 Å². The molecule has 1 aromatic rings. The zero-order valence-corrected chi connectivity index (χ0v) is 17.2. The van der Waals surface area contributed by atoms with Crippen LogP contribution in [0.2, 0.25) is 0 Å². The molecule has 3 aliphatic heterocycles. The van der Waals surface area contributed by atoms with Gasteiger partial charge in [0.05, 0.1) is 19.7 Å². The summed E-state index contributed by atoms with van der Waals surface area (Å²) >= 11 is 0. The fourth-order valence-corrected chi connectivity index (χ4v) is 4.11. The molecular weight excluding hydrogens is 388 g/mol. The number of anilines is 1. The van der Waals surface area contributed by atoms with E-state index in [1.807, 2.05) is 40.7 Å². The SMILES string of the molecule is CCOc1ccc(N2CC(C)C[N+]3=C2N=C2C3C(=O)N(CC(N)=O)C(=O)N2C)cc1. The third-order valence-electron chi connectivity index (χ3n) is 5.41. The average molecular weight is 413 g/mol. The number of rotatable bonds is 5. The van der Waals surface area contributed by atoms with Gasteiger partial charge in [0.25, 0.3) is 5.91 Å². The molecule has 4 rings (SSSR count). The Hall–Kier alpha value is -3.43. The van der Waals surface area contributed by atoms with E-state index in [1.165, 1.54) is 4.90 Å². The number of fused-ring (bicyclic) bond motifs is 2. The molecule has 30 heavy (non-hydrogen) atoms. The number of amidine groups is 1. The van der Waals surface area contributed by atoms with Crippen LogP contribution in [0.3, 0.4) is 0 Å². The number of carbonyl (C=O) groups is 3. The second-order valence-corrected chi connectivity index (χ2v) is 7.70. The number of guanidine groups is 1. The highest BCUT2D eigenvalue weighted by atomic mass is 16.5. The van der Waals surface area contributed by atoms with Crippen molar-refractivity contribution in [2.75, 3.05) is 38.2 Å². The Morgan fingerprint density at radius 1 is 1.30 bits per heavy atom. The van der Waals surface area contributed by atoms with Gasteiger partial charge in [-0.15, -0.1) is 0 Å². The Morgan fingerprint density at radius 3 is 2.63 bits per heavy atom. The number of primary amides is 1. The molecule has 0 bridgehead atoms. The van der Waals surface area contributed by atoms with Crippen LogP contribution in [0.25, 0.3) is 0 Å². The van der Waals surface area contributed by atoms with E-state index in [4.69, 9.17) is 10.5 Å². The first-order chi connectivity index (χ1) is 14.3. The maximum absolute atomic E-state index is 13.1. The Balaban J connectivity index is 1.73. The first-order valence-corrected chi connectivity index (χ1v) is 9.91. The van der Waals surface area contributed by atoms with Crippen molar-refractivity contribution < 1.29 is 23.7 Å². The normalized spacial score (nSPS) is 23.4. The van der Waals surface area contributed by atoms with Gasteiger partial charge < -0.3 is 10.5 Å². The van der Waals surface area contributed by atoms with E-state index in [0.717, 1.165) is 22.9 Å². The van der Waals surface area contributed by atoms with Gasteiger partial charge in [0.15, 0.2) is 0 Å². The number of carbonyl (C=O) groups excluding carboxylic acids is 3. The highest BCUT2D eigenvalue weighted by molar-refractivity contribution is 6.24. The second-order valence-electron chi connectivity index (χ2n) is 7.70. The molecule has 0 aromatic heterocycles. The minimum atomic E-state index is -0.755. The van der Waals surface area contributed by atoms with E-state index in [0.29, 0.717) is 24.9 Å². The van der Waals surface area contributed by atoms with E-state index >= 15 is 0 Å². The third kappa shape index (κ3) is 3.17. The highest BCUT2D eigenvalue weighted by Crippen LogP contribution is 2.29. The minimum Gasteiger partial charge on any atom is -0.494 e. The fraction of sp³-hybridized carbons (Fsp3) is 0.450. The predicted octanol–water partition coefficient (Wildman–Crippen LogP) is 0.0699. The van der Waals surface area contributed by atoms with Crippen LogP contribution >= 0.6 is 0 Å². The van der Waals surface area contributed by atoms with Crippen LogP contribution in [-0.4, -0.2) is 83.3 Å². The lowest BCUT2D eigenvalue weighted by atomic mass is 10.1. The van der Waals surface area contributed by atoms with Crippen LogP contribution in [0.1, 0.15) is 13.8 Å². The van der Waals surface area contributed by atoms with Gasteiger partial charge in [-0.1, -0.05) is 11.9 Å². The Kier molecular flexibility index (Phi) is 4.92. The van der Waals surface area contributed by atoms with E-state index in [2.05, 4.69) is 11.9 Å². The predicted molar refractivity (Wildman–Crippen MR) is 110 cm³/mol. The Morgan fingerprint density at radius 2 is 2.00 bits per heavy atom. The van der Waals surface area contributed by atoms with Crippen molar-refractivity contribution >= 4 is 35.3 Å². The molecule has 2 atom stereocenters. The maximum Gasteiger partial charge on any atom is 0.397 e. The van der Waals surface area contributed by atoms with Crippen LogP contribution in [-0.2, 0) is 9.59 Å². The number of imide groups is 1. The number of likely N-dealkylation sites (N-methyl/N-ethyl adjacent to an activating group) is 1. The molecule has 3 heterocycles. The second kappa shape index (κ2) is 7.43. The summed E-state index contributed by atoms with van der Waals surface area (Å²) in [6.07, 6.45) is 0. The number of nitrogens with two attached hydrogens (primary N) is 1. The number of benzene rings is 1. The topological polar surface area (TPSA) is 112 Å². The van der Waals surface area contributed by atoms with Crippen LogP contribution in [0.5, 0.6) is 5.75 Å². The molecule has 0 spiro atoms. The van der Waals surface area contributed by atoms with Crippen molar-refractivity contribution in [2.45, 2.75) is 19.9 Å². The minimum absolute atomic E-state index is 0.246. The summed E-state index contributed by atoms with van der Waals surface area (Å²) < 4.78 is 7.42. The monoisotopic (exact) mass is 413 g/mol. The molecule has 2 unspecified atom stereocenters. The van der Waals surface area contributed by atoms with Gasteiger partial charge in [-0.25, -0.2) is 14.3 Å². The van der Waals surface area contributed by atoms with Crippen LogP contribution in [0.15, 0.2) is 29.3 Å². The van der Waals surface area contributed by atoms with Gasteiger partial charge in [-0.3, -0.25) is 19.4 Å². The average Bonchev–Trinajstić information content (AvgIpc) is 3.09. The molecule has 10 nitrogen and oxygen atoms in total. The molecule has 0 aliphatic carbocycles. The zero-order chi connectivity index (χ0) is 21.6. The van der Waals surface area contributed by atoms with Crippen LogP contribution in [0.4, 0.5) is 10.5 Å². The third-order valence-corrected chi connectivity index (χ3v) is 5.41.